The third-order valence-corrected chi connectivity index (χ3v) is 7.00. The van der Waals surface area contributed by atoms with Gasteiger partial charge in [0, 0.05) is 19.1 Å². The van der Waals surface area contributed by atoms with Gasteiger partial charge in [-0.3, -0.25) is 4.79 Å². The van der Waals surface area contributed by atoms with E-state index in [-0.39, 0.29) is 5.41 Å². The van der Waals surface area contributed by atoms with Crippen molar-refractivity contribution in [3.63, 3.8) is 0 Å². The molecule has 1 aliphatic heterocycles. The first-order chi connectivity index (χ1) is 10.1. The molecule has 1 heterocycles. The van der Waals surface area contributed by atoms with Gasteiger partial charge in [-0.1, -0.05) is 6.92 Å². The molecule has 1 amide bonds. The highest BCUT2D eigenvalue weighted by Crippen LogP contribution is 2.60. The highest BCUT2D eigenvalue weighted by molar-refractivity contribution is 5.83. The number of amides is 1. The van der Waals surface area contributed by atoms with Crippen molar-refractivity contribution in [1.29, 1.82) is 0 Å². The van der Waals surface area contributed by atoms with Crippen molar-refractivity contribution < 1.29 is 4.79 Å². The van der Waals surface area contributed by atoms with Crippen molar-refractivity contribution in [3.8, 4) is 0 Å². The summed E-state index contributed by atoms with van der Waals surface area (Å²) in [4.78, 5) is 15.6. The minimum absolute atomic E-state index is 0.0166. The molecule has 5 aliphatic rings. The number of hydrogen-bond donors (Lipinski definition) is 1. The van der Waals surface area contributed by atoms with Gasteiger partial charge in [0.25, 0.3) is 0 Å². The molecule has 1 saturated heterocycles. The normalized spacial score (nSPS) is 48.7. The number of carbonyl (C=O) groups is 1. The molecule has 5 rings (SSSR count). The van der Waals surface area contributed by atoms with Crippen molar-refractivity contribution in [2.45, 2.75) is 64.3 Å². The molecule has 0 aromatic heterocycles. The molecule has 4 bridgehead atoms. The van der Waals surface area contributed by atoms with Crippen molar-refractivity contribution >= 4 is 5.91 Å². The van der Waals surface area contributed by atoms with Crippen LogP contribution in [0.5, 0.6) is 0 Å². The van der Waals surface area contributed by atoms with Crippen LogP contribution in [0.2, 0.25) is 0 Å². The zero-order valence-corrected chi connectivity index (χ0v) is 13.4. The fourth-order valence-electron chi connectivity index (χ4n) is 6.42. The molecule has 0 aromatic rings. The van der Waals surface area contributed by atoms with Crippen LogP contribution in [0.1, 0.15) is 58.3 Å². The number of carbonyl (C=O) groups excluding carboxylic acids is 1. The standard InChI is InChI=1S/C18H30N2O/c1-12-2-3-20(16(4-12)11-19)17(21)18-8-13-5-14(9-18)7-15(6-13)10-18/h12-16H,2-11,19H2,1H3. The fourth-order valence-corrected chi connectivity index (χ4v) is 6.42. The van der Waals surface area contributed by atoms with Crippen LogP contribution < -0.4 is 5.73 Å². The van der Waals surface area contributed by atoms with Gasteiger partial charge in [-0.25, -0.2) is 0 Å². The molecule has 0 spiro atoms. The molecule has 4 aliphatic carbocycles. The highest BCUT2D eigenvalue weighted by atomic mass is 16.2. The monoisotopic (exact) mass is 290 g/mol. The van der Waals surface area contributed by atoms with E-state index in [1.807, 2.05) is 0 Å². The van der Waals surface area contributed by atoms with Gasteiger partial charge >= 0.3 is 0 Å². The van der Waals surface area contributed by atoms with Crippen LogP contribution in [0.15, 0.2) is 0 Å². The van der Waals surface area contributed by atoms with Crippen molar-refractivity contribution in [3.05, 3.63) is 0 Å². The van der Waals surface area contributed by atoms with Gasteiger partial charge in [-0.2, -0.15) is 0 Å². The van der Waals surface area contributed by atoms with Gasteiger partial charge in [0.15, 0.2) is 0 Å². The molecule has 3 nitrogen and oxygen atoms in total. The number of rotatable bonds is 2. The van der Waals surface area contributed by atoms with E-state index in [1.165, 1.54) is 38.5 Å². The van der Waals surface area contributed by atoms with Crippen molar-refractivity contribution in [1.82, 2.24) is 4.90 Å². The molecule has 21 heavy (non-hydrogen) atoms. The predicted molar refractivity (Wildman–Crippen MR) is 83.6 cm³/mol. The van der Waals surface area contributed by atoms with Crippen LogP contribution in [0.3, 0.4) is 0 Å². The van der Waals surface area contributed by atoms with E-state index in [0.29, 0.717) is 18.5 Å². The van der Waals surface area contributed by atoms with Gasteiger partial charge < -0.3 is 10.6 Å². The molecule has 3 heteroatoms. The Labute approximate surface area is 128 Å². The van der Waals surface area contributed by atoms with E-state index < -0.39 is 0 Å². The second-order valence-corrected chi connectivity index (χ2v) is 8.72. The van der Waals surface area contributed by atoms with Gasteiger partial charge in [0.05, 0.1) is 5.41 Å². The van der Waals surface area contributed by atoms with Crippen molar-refractivity contribution in [2.75, 3.05) is 13.1 Å². The summed E-state index contributed by atoms with van der Waals surface area (Å²) in [6, 6.07) is 0.300. The number of likely N-dealkylation sites (tertiary alicyclic amines) is 1. The van der Waals surface area contributed by atoms with Crippen LogP contribution in [-0.4, -0.2) is 29.9 Å². The van der Waals surface area contributed by atoms with E-state index in [0.717, 1.165) is 43.1 Å². The van der Waals surface area contributed by atoms with Crippen LogP contribution in [0, 0.1) is 29.1 Å². The second-order valence-electron chi connectivity index (χ2n) is 8.72. The van der Waals surface area contributed by atoms with E-state index in [1.54, 1.807) is 0 Å². The quantitative estimate of drug-likeness (QED) is 0.850. The Bertz CT molecular complexity index is 398. The maximum absolute atomic E-state index is 13.4. The lowest BCUT2D eigenvalue weighted by molar-refractivity contribution is -0.161. The molecule has 2 unspecified atom stereocenters. The van der Waals surface area contributed by atoms with Gasteiger partial charge in [0.1, 0.15) is 0 Å². The third kappa shape index (κ3) is 2.23. The summed E-state index contributed by atoms with van der Waals surface area (Å²) < 4.78 is 0. The Balaban J connectivity index is 1.56. The number of nitrogens with two attached hydrogens (primary N) is 1. The van der Waals surface area contributed by atoms with Crippen LogP contribution in [-0.2, 0) is 4.79 Å². The van der Waals surface area contributed by atoms with Crippen LogP contribution >= 0.6 is 0 Å². The Morgan fingerprint density at radius 2 is 1.67 bits per heavy atom. The summed E-state index contributed by atoms with van der Waals surface area (Å²) in [6.07, 6.45) is 10.0. The number of nitrogens with zero attached hydrogens (tertiary/aromatic N) is 1. The van der Waals surface area contributed by atoms with E-state index in [4.69, 9.17) is 5.73 Å². The first-order valence-electron chi connectivity index (χ1n) is 9.11. The number of piperidine rings is 1. The molecule has 0 aromatic carbocycles. The molecule has 2 atom stereocenters. The highest BCUT2D eigenvalue weighted by Gasteiger charge is 2.56. The Hall–Kier alpha value is -0.570. The van der Waals surface area contributed by atoms with E-state index in [2.05, 4.69) is 11.8 Å². The van der Waals surface area contributed by atoms with Gasteiger partial charge in [-0.05, 0) is 75.0 Å². The van der Waals surface area contributed by atoms with Crippen LogP contribution in [0.4, 0.5) is 0 Å². The Kier molecular flexibility index (Phi) is 3.33. The minimum atomic E-state index is 0.0166. The molecule has 0 radical (unpaired) electrons. The molecule has 2 N–H and O–H groups in total. The summed E-state index contributed by atoms with van der Waals surface area (Å²) in [5, 5.41) is 0. The maximum atomic E-state index is 13.4. The summed E-state index contributed by atoms with van der Waals surface area (Å²) in [5.74, 6) is 3.75. The van der Waals surface area contributed by atoms with Crippen molar-refractivity contribution in [2.24, 2.45) is 34.8 Å². The summed E-state index contributed by atoms with van der Waals surface area (Å²) in [7, 11) is 0. The lowest BCUT2D eigenvalue weighted by Gasteiger charge is -2.57. The molecular weight excluding hydrogens is 260 g/mol. The Morgan fingerprint density at radius 1 is 1.10 bits per heavy atom. The lowest BCUT2D eigenvalue weighted by atomic mass is 9.49. The first-order valence-corrected chi connectivity index (χ1v) is 9.11. The fraction of sp³-hybridized carbons (Fsp3) is 0.944. The molecule has 4 saturated carbocycles. The zero-order chi connectivity index (χ0) is 14.6. The SMILES string of the molecule is CC1CCN(C(=O)C23CC4CC(CC(C4)C2)C3)C(CN)C1. The summed E-state index contributed by atoms with van der Waals surface area (Å²) in [5.41, 5.74) is 6.01. The predicted octanol–water partition coefficient (Wildman–Crippen LogP) is 2.79. The first kappa shape index (κ1) is 14.0. The average molecular weight is 290 g/mol. The number of hydrogen-bond acceptors (Lipinski definition) is 2. The topological polar surface area (TPSA) is 46.3 Å². The van der Waals surface area contributed by atoms with Gasteiger partial charge in [0.2, 0.25) is 5.91 Å². The lowest BCUT2D eigenvalue weighted by Crippen LogP contribution is -2.59. The summed E-state index contributed by atoms with van der Waals surface area (Å²) in [6.45, 7) is 3.89. The van der Waals surface area contributed by atoms with E-state index >= 15 is 0 Å². The largest absolute Gasteiger partial charge is 0.338 e. The van der Waals surface area contributed by atoms with Crippen LogP contribution in [0.25, 0.3) is 0 Å². The summed E-state index contributed by atoms with van der Waals surface area (Å²) >= 11 is 0. The smallest absolute Gasteiger partial charge is 0.229 e. The Morgan fingerprint density at radius 3 is 2.19 bits per heavy atom. The molecule has 5 fully saturated rings. The van der Waals surface area contributed by atoms with Gasteiger partial charge in [-0.15, -0.1) is 0 Å². The second kappa shape index (κ2) is 4.97. The average Bonchev–Trinajstić information content (AvgIpc) is 2.45. The maximum Gasteiger partial charge on any atom is 0.229 e. The zero-order valence-electron chi connectivity index (χ0n) is 13.4. The minimum Gasteiger partial charge on any atom is -0.338 e. The third-order valence-electron chi connectivity index (χ3n) is 7.00. The van der Waals surface area contributed by atoms with E-state index in [9.17, 15) is 4.79 Å². The molecule has 118 valence electrons. The molecular formula is C18H30N2O.